The minimum Gasteiger partial charge on any atom is -0.497 e. The van der Waals surface area contributed by atoms with Gasteiger partial charge in [-0.3, -0.25) is 9.59 Å². The van der Waals surface area contributed by atoms with Gasteiger partial charge in [0.1, 0.15) is 5.75 Å². The number of hydrogen-bond donors (Lipinski definition) is 1. The Bertz CT molecular complexity index is 1260. The average Bonchev–Trinajstić information content (AvgIpc) is 3.32. The minimum absolute atomic E-state index is 0.0262. The summed E-state index contributed by atoms with van der Waals surface area (Å²) in [6.07, 6.45) is 2.76. The van der Waals surface area contributed by atoms with Gasteiger partial charge in [-0.2, -0.15) is 0 Å². The molecule has 0 saturated carbocycles. The van der Waals surface area contributed by atoms with E-state index in [0.717, 1.165) is 52.0 Å². The van der Waals surface area contributed by atoms with Gasteiger partial charge in [0.05, 0.1) is 18.5 Å². The first-order valence-electron chi connectivity index (χ1n) is 12.3. The van der Waals surface area contributed by atoms with Gasteiger partial charge < -0.3 is 19.5 Å². The number of fused-ring (bicyclic) bond motifs is 6. The van der Waals surface area contributed by atoms with Crippen LogP contribution >= 0.6 is 0 Å². The van der Waals surface area contributed by atoms with E-state index in [9.17, 15) is 9.59 Å². The lowest BCUT2D eigenvalue weighted by atomic mass is 9.79. The number of hydrogen-bond acceptors (Lipinski definition) is 3. The Morgan fingerprint density at radius 1 is 1.21 bits per heavy atom. The topological polar surface area (TPSA) is 65.6 Å². The second kappa shape index (κ2) is 8.49. The number of aromatic amines is 1. The largest absolute Gasteiger partial charge is 0.497 e. The van der Waals surface area contributed by atoms with Gasteiger partial charge in [0.25, 0.3) is 5.91 Å². The minimum atomic E-state index is -1.17. The van der Waals surface area contributed by atoms with Crippen molar-refractivity contribution in [3.05, 3.63) is 59.3 Å². The van der Waals surface area contributed by atoms with Gasteiger partial charge >= 0.3 is 0 Å². The maximum atomic E-state index is 14.5. The number of H-pyrrole nitrogens is 1. The van der Waals surface area contributed by atoms with Crippen molar-refractivity contribution in [3.8, 4) is 5.75 Å². The summed E-state index contributed by atoms with van der Waals surface area (Å²) in [4.78, 5) is 35.4. The number of amides is 2. The van der Waals surface area contributed by atoms with Gasteiger partial charge in [-0.1, -0.05) is 39.0 Å². The number of carbonyl (C=O) groups is 2. The zero-order chi connectivity index (χ0) is 24.0. The maximum Gasteiger partial charge on any atom is 0.263 e. The highest BCUT2D eigenvalue weighted by molar-refractivity contribution is 6.12. The summed E-state index contributed by atoms with van der Waals surface area (Å²) in [7, 11) is 1.66. The van der Waals surface area contributed by atoms with Crippen molar-refractivity contribution in [1.82, 2.24) is 9.88 Å². The molecular weight excluding hydrogens is 426 g/mol. The molecule has 2 aromatic carbocycles. The highest BCUT2D eigenvalue weighted by Crippen LogP contribution is 2.52. The van der Waals surface area contributed by atoms with E-state index < -0.39 is 5.54 Å². The average molecular weight is 460 g/mol. The number of aromatic nitrogens is 1. The van der Waals surface area contributed by atoms with Gasteiger partial charge in [-0.25, -0.2) is 0 Å². The molecule has 6 nitrogen and oxygen atoms in total. The summed E-state index contributed by atoms with van der Waals surface area (Å²) in [6, 6.07) is 14.0. The summed E-state index contributed by atoms with van der Waals surface area (Å²) in [5, 5.41) is 1.06. The number of benzene rings is 2. The van der Waals surface area contributed by atoms with E-state index in [1.54, 1.807) is 7.11 Å². The predicted octanol–water partition coefficient (Wildman–Crippen LogP) is 5.00. The Kier molecular flexibility index (Phi) is 5.62. The molecule has 1 N–H and O–H groups in total. The van der Waals surface area contributed by atoms with Crippen LogP contribution in [0.3, 0.4) is 0 Å². The smallest absolute Gasteiger partial charge is 0.263 e. The molecule has 3 heterocycles. The van der Waals surface area contributed by atoms with Gasteiger partial charge in [-0.05, 0) is 55.0 Å². The van der Waals surface area contributed by atoms with Crippen molar-refractivity contribution in [3.63, 3.8) is 0 Å². The van der Waals surface area contributed by atoms with Gasteiger partial charge in [-0.15, -0.1) is 0 Å². The lowest BCUT2D eigenvalue weighted by Gasteiger charge is -2.43. The second-order valence-corrected chi connectivity index (χ2v) is 9.80. The zero-order valence-corrected chi connectivity index (χ0v) is 20.5. The molecule has 0 bridgehead atoms. The third-order valence-electron chi connectivity index (χ3n) is 7.30. The van der Waals surface area contributed by atoms with E-state index in [1.165, 1.54) is 0 Å². The lowest BCUT2D eigenvalue weighted by molar-refractivity contribution is -0.145. The molecule has 2 aliphatic rings. The highest BCUT2D eigenvalue weighted by atomic mass is 16.5. The summed E-state index contributed by atoms with van der Waals surface area (Å²) in [5.41, 5.74) is 3.53. The van der Waals surface area contributed by atoms with Crippen LogP contribution in [0.2, 0.25) is 0 Å². The van der Waals surface area contributed by atoms with E-state index in [-0.39, 0.29) is 11.8 Å². The van der Waals surface area contributed by atoms with E-state index >= 15 is 0 Å². The summed E-state index contributed by atoms with van der Waals surface area (Å²) in [5.74, 6) is 1.25. The number of rotatable bonds is 6. The number of methoxy groups -OCH3 is 1. The van der Waals surface area contributed by atoms with Crippen molar-refractivity contribution in [2.45, 2.75) is 52.0 Å². The Hall–Kier alpha value is -3.28. The Balaban J connectivity index is 1.78. The van der Waals surface area contributed by atoms with Crippen molar-refractivity contribution < 1.29 is 14.3 Å². The molecule has 6 heteroatoms. The molecule has 2 amide bonds. The van der Waals surface area contributed by atoms with E-state index in [4.69, 9.17) is 4.74 Å². The number of para-hydroxylation sites is 1. The number of ether oxygens (including phenoxy) is 1. The Morgan fingerprint density at radius 2 is 2.00 bits per heavy atom. The van der Waals surface area contributed by atoms with Crippen molar-refractivity contribution in [2.75, 3.05) is 25.1 Å². The quantitative estimate of drug-likeness (QED) is 0.564. The van der Waals surface area contributed by atoms with Crippen LogP contribution in [0, 0.1) is 5.92 Å². The van der Waals surface area contributed by atoms with Gasteiger partial charge in [0, 0.05) is 36.0 Å². The maximum absolute atomic E-state index is 14.5. The van der Waals surface area contributed by atoms with Crippen molar-refractivity contribution in [2.24, 2.45) is 5.92 Å². The van der Waals surface area contributed by atoms with Gasteiger partial charge in [0.2, 0.25) is 5.91 Å². The molecular formula is C28H33N3O3. The summed E-state index contributed by atoms with van der Waals surface area (Å²) < 4.78 is 5.49. The van der Waals surface area contributed by atoms with Crippen LogP contribution in [-0.4, -0.2) is 41.9 Å². The molecule has 34 heavy (non-hydrogen) atoms. The van der Waals surface area contributed by atoms with Crippen LogP contribution in [0.15, 0.2) is 42.5 Å². The number of nitrogens with one attached hydrogen (secondary N) is 1. The van der Waals surface area contributed by atoms with E-state index in [2.05, 4.69) is 18.8 Å². The standard InChI is InChI=1S/C28H33N3O3/c1-5-8-25(32)31-16-14-20-21-17-19(34-4)11-12-23(21)29-26(20)28(31)22-9-6-7-10-24(22)30(27(28)33)15-13-18(2)3/h6-7,9-12,17-18,29H,5,8,13-16H2,1-4H3/t28-/m0/s1. The molecule has 0 radical (unpaired) electrons. The van der Waals surface area contributed by atoms with Crippen LogP contribution in [0.5, 0.6) is 5.75 Å². The molecule has 1 atom stereocenters. The van der Waals surface area contributed by atoms with Crippen LogP contribution in [-0.2, 0) is 21.5 Å². The van der Waals surface area contributed by atoms with E-state index in [0.29, 0.717) is 31.8 Å². The Morgan fingerprint density at radius 3 is 2.74 bits per heavy atom. The summed E-state index contributed by atoms with van der Waals surface area (Å²) >= 11 is 0. The molecule has 1 aromatic heterocycles. The first kappa shape index (κ1) is 22.5. The first-order valence-corrected chi connectivity index (χ1v) is 12.3. The predicted molar refractivity (Wildman–Crippen MR) is 134 cm³/mol. The Labute approximate surface area is 200 Å². The fourth-order valence-corrected chi connectivity index (χ4v) is 5.66. The molecule has 0 unspecified atom stereocenters. The van der Waals surface area contributed by atoms with Gasteiger partial charge in [0.15, 0.2) is 5.54 Å². The van der Waals surface area contributed by atoms with Crippen molar-refractivity contribution in [1.29, 1.82) is 0 Å². The van der Waals surface area contributed by atoms with Crippen LogP contribution in [0.4, 0.5) is 5.69 Å². The third kappa shape index (κ3) is 3.15. The third-order valence-corrected chi connectivity index (χ3v) is 7.30. The van der Waals surface area contributed by atoms with E-state index in [1.807, 2.05) is 59.2 Å². The second-order valence-electron chi connectivity index (χ2n) is 9.80. The zero-order valence-electron chi connectivity index (χ0n) is 20.5. The lowest BCUT2D eigenvalue weighted by Crippen LogP contribution is -2.59. The molecule has 1 spiro atoms. The first-order chi connectivity index (χ1) is 16.4. The monoisotopic (exact) mass is 459 g/mol. The highest BCUT2D eigenvalue weighted by Gasteiger charge is 2.60. The van der Waals surface area contributed by atoms with Crippen LogP contribution in [0.1, 0.15) is 56.9 Å². The molecule has 0 aliphatic carbocycles. The summed E-state index contributed by atoms with van der Waals surface area (Å²) in [6.45, 7) is 7.49. The van der Waals surface area contributed by atoms with Crippen LogP contribution in [0.25, 0.3) is 10.9 Å². The number of carbonyl (C=O) groups excluding carboxylic acids is 2. The number of anilines is 1. The molecule has 178 valence electrons. The molecule has 2 aliphatic heterocycles. The molecule has 0 saturated heterocycles. The normalized spacial score (nSPS) is 19.3. The fraction of sp³-hybridized carbons (Fsp3) is 0.429. The number of nitrogens with zero attached hydrogens (tertiary/aromatic N) is 2. The SMILES string of the molecule is CCCC(=O)N1CCc2c([nH]c3ccc(OC)cc23)[C@@]12C(=O)N(CCC(C)C)c1ccccc12. The molecule has 5 rings (SSSR count). The van der Waals surface area contributed by atoms with Crippen molar-refractivity contribution >= 4 is 28.4 Å². The molecule has 3 aromatic rings. The van der Waals surface area contributed by atoms with Crippen LogP contribution < -0.4 is 9.64 Å². The fourth-order valence-electron chi connectivity index (χ4n) is 5.66. The molecule has 0 fully saturated rings.